The van der Waals surface area contributed by atoms with Crippen LogP contribution in [0.1, 0.15) is 31.4 Å². The Kier molecular flexibility index (Phi) is 2.43. The zero-order chi connectivity index (χ0) is 12.9. The van der Waals surface area contributed by atoms with Gasteiger partial charge in [-0.3, -0.25) is 0 Å². The number of pyridine rings is 1. The molecule has 3 nitrogen and oxygen atoms in total. The number of aromatic nitrogens is 1. The second kappa shape index (κ2) is 3.76. The van der Waals surface area contributed by atoms with E-state index < -0.39 is 11.9 Å². The van der Waals surface area contributed by atoms with Crippen molar-refractivity contribution in [1.29, 1.82) is 0 Å². The van der Waals surface area contributed by atoms with Gasteiger partial charge < -0.3 is 10.6 Å². The molecule has 0 radical (unpaired) electrons. The molecular weight excluding hydrogens is 243 g/mol. The van der Waals surface area contributed by atoms with Gasteiger partial charge in [0.05, 0.1) is 5.69 Å². The summed E-state index contributed by atoms with van der Waals surface area (Å²) < 4.78 is 38.3. The third-order valence-corrected chi connectivity index (χ3v) is 3.90. The molecule has 1 aromatic rings. The van der Waals surface area contributed by atoms with Crippen molar-refractivity contribution in [1.82, 2.24) is 4.98 Å². The van der Waals surface area contributed by atoms with E-state index in [2.05, 4.69) is 4.98 Å². The Morgan fingerprint density at radius 2 is 1.67 bits per heavy atom. The number of rotatable bonds is 1. The molecule has 2 fully saturated rings. The van der Waals surface area contributed by atoms with Crippen molar-refractivity contribution in [3.05, 3.63) is 17.8 Å². The Labute approximate surface area is 103 Å². The summed E-state index contributed by atoms with van der Waals surface area (Å²) in [4.78, 5) is 5.78. The molecule has 0 saturated carbocycles. The SMILES string of the molecule is Nc1ccc(N2C3CCC2CC3)nc1C(F)(F)F. The number of nitrogens with two attached hydrogens (primary N) is 1. The monoisotopic (exact) mass is 257 g/mol. The Morgan fingerprint density at radius 1 is 1.11 bits per heavy atom. The summed E-state index contributed by atoms with van der Waals surface area (Å²) in [6.45, 7) is 0. The molecule has 2 N–H and O–H groups in total. The van der Waals surface area contributed by atoms with Crippen molar-refractivity contribution in [2.75, 3.05) is 10.6 Å². The third-order valence-electron chi connectivity index (χ3n) is 3.90. The third kappa shape index (κ3) is 1.71. The standard InChI is InChI=1S/C12H14F3N3/c13-12(14,15)11-9(16)5-6-10(17-11)18-7-1-2-8(18)4-3-7/h5-8H,1-4,16H2. The van der Waals surface area contributed by atoms with Crippen LogP contribution in [0.15, 0.2) is 12.1 Å². The minimum absolute atomic E-state index is 0.308. The number of halogens is 3. The van der Waals surface area contributed by atoms with E-state index in [0.29, 0.717) is 17.9 Å². The van der Waals surface area contributed by atoms with Gasteiger partial charge in [-0.2, -0.15) is 13.2 Å². The smallest absolute Gasteiger partial charge is 0.397 e. The first-order valence-electron chi connectivity index (χ1n) is 6.09. The first-order chi connectivity index (χ1) is 8.47. The van der Waals surface area contributed by atoms with Gasteiger partial charge in [0.25, 0.3) is 0 Å². The van der Waals surface area contributed by atoms with Gasteiger partial charge in [0, 0.05) is 12.1 Å². The molecule has 2 bridgehead atoms. The average Bonchev–Trinajstić information content (AvgIpc) is 2.88. The maximum atomic E-state index is 12.8. The van der Waals surface area contributed by atoms with Crippen molar-refractivity contribution < 1.29 is 13.2 Å². The molecule has 3 rings (SSSR count). The highest BCUT2D eigenvalue weighted by Crippen LogP contribution is 2.41. The molecule has 0 aliphatic carbocycles. The minimum atomic E-state index is -4.49. The topological polar surface area (TPSA) is 42.1 Å². The largest absolute Gasteiger partial charge is 0.435 e. The van der Waals surface area contributed by atoms with Crippen LogP contribution in [0, 0.1) is 0 Å². The first kappa shape index (κ1) is 11.6. The summed E-state index contributed by atoms with van der Waals surface area (Å²) in [7, 11) is 0. The molecule has 1 aromatic heterocycles. The molecule has 6 heteroatoms. The Hall–Kier alpha value is -1.46. The van der Waals surface area contributed by atoms with Gasteiger partial charge in [-0.1, -0.05) is 0 Å². The van der Waals surface area contributed by atoms with Gasteiger partial charge in [0.15, 0.2) is 5.69 Å². The summed E-state index contributed by atoms with van der Waals surface area (Å²) in [6.07, 6.45) is -0.273. The maximum Gasteiger partial charge on any atom is 0.435 e. The summed E-state index contributed by atoms with van der Waals surface area (Å²) in [6, 6.07) is 3.61. The second-order valence-electron chi connectivity index (χ2n) is 4.97. The van der Waals surface area contributed by atoms with E-state index in [1.54, 1.807) is 6.07 Å². The van der Waals surface area contributed by atoms with Crippen LogP contribution in [0.2, 0.25) is 0 Å². The number of hydrogen-bond donors (Lipinski definition) is 1. The molecule has 0 unspecified atom stereocenters. The summed E-state index contributed by atoms with van der Waals surface area (Å²) >= 11 is 0. The summed E-state index contributed by atoms with van der Waals surface area (Å²) in [5.74, 6) is 0.418. The highest BCUT2D eigenvalue weighted by atomic mass is 19.4. The highest BCUT2D eigenvalue weighted by molar-refractivity contribution is 5.54. The molecule has 98 valence electrons. The summed E-state index contributed by atoms with van der Waals surface area (Å²) in [5, 5.41) is 0. The normalized spacial score (nSPS) is 26.9. The van der Waals surface area contributed by atoms with Crippen molar-refractivity contribution >= 4 is 11.5 Å². The van der Waals surface area contributed by atoms with Crippen molar-refractivity contribution in [3.63, 3.8) is 0 Å². The van der Waals surface area contributed by atoms with E-state index in [1.807, 2.05) is 4.90 Å². The zero-order valence-electron chi connectivity index (χ0n) is 9.74. The van der Waals surface area contributed by atoms with Crippen LogP contribution in [0.5, 0.6) is 0 Å². The van der Waals surface area contributed by atoms with Crippen molar-refractivity contribution in [2.45, 2.75) is 43.9 Å². The molecule has 18 heavy (non-hydrogen) atoms. The van der Waals surface area contributed by atoms with Gasteiger partial charge in [0.1, 0.15) is 5.82 Å². The number of fused-ring (bicyclic) bond motifs is 2. The van der Waals surface area contributed by atoms with Gasteiger partial charge in [0.2, 0.25) is 0 Å². The van der Waals surface area contributed by atoms with Crippen LogP contribution in [0.3, 0.4) is 0 Å². The number of alkyl halides is 3. The minimum Gasteiger partial charge on any atom is -0.397 e. The fourth-order valence-electron chi connectivity index (χ4n) is 3.12. The van der Waals surface area contributed by atoms with Gasteiger partial charge in [-0.05, 0) is 37.8 Å². The van der Waals surface area contributed by atoms with Crippen molar-refractivity contribution in [2.24, 2.45) is 0 Å². The molecule has 3 heterocycles. The quantitative estimate of drug-likeness (QED) is 0.841. The number of nitrogens with zero attached hydrogens (tertiary/aromatic N) is 2. The van der Waals surface area contributed by atoms with Gasteiger partial charge >= 0.3 is 6.18 Å². The van der Waals surface area contributed by atoms with E-state index in [4.69, 9.17) is 5.73 Å². The lowest BCUT2D eigenvalue weighted by molar-refractivity contribution is -0.140. The number of hydrogen-bond acceptors (Lipinski definition) is 3. The Bertz CT molecular complexity index is 452. The van der Waals surface area contributed by atoms with Crippen LogP contribution in [0.25, 0.3) is 0 Å². The predicted molar refractivity (Wildman–Crippen MR) is 62.2 cm³/mol. The van der Waals surface area contributed by atoms with Gasteiger partial charge in [-0.25, -0.2) is 4.98 Å². The van der Waals surface area contributed by atoms with E-state index in [9.17, 15) is 13.2 Å². The first-order valence-corrected chi connectivity index (χ1v) is 6.09. The number of nitrogen functional groups attached to an aromatic ring is 1. The fraction of sp³-hybridized carbons (Fsp3) is 0.583. The molecule has 2 aliphatic heterocycles. The number of anilines is 2. The van der Waals surface area contributed by atoms with Crippen LogP contribution >= 0.6 is 0 Å². The Morgan fingerprint density at radius 3 is 2.17 bits per heavy atom. The Balaban J connectivity index is 1.99. The molecular formula is C12H14F3N3. The summed E-state index contributed by atoms with van der Waals surface area (Å²) in [5.41, 5.74) is 4.08. The lowest BCUT2D eigenvalue weighted by atomic mass is 10.0. The lowest BCUT2D eigenvalue weighted by Gasteiger charge is -2.24. The molecule has 0 atom stereocenters. The van der Waals surface area contributed by atoms with Crippen LogP contribution in [-0.2, 0) is 6.18 Å². The average molecular weight is 257 g/mol. The van der Waals surface area contributed by atoms with Crippen LogP contribution in [0.4, 0.5) is 24.7 Å². The molecule has 2 aliphatic rings. The maximum absolute atomic E-state index is 12.8. The second-order valence-corrected chi connectivity index (χ2v) is 4.97. The molecule has 2 saturated heterocycles. The van der Waals surface area contributed by atoms with Gasteiger partial charge in [-0.15, -0.1) is 0 Å². The molecule has 0 aromatic carbocycles. The van der Waals surface area contributed by atoms with Crippen molar-refractivity contribution in [3.8, 4) is 0 Å². The van der Waals surface area contributed by atoms with E-state index in [-0.39, 0.29) is 5.69 Å². The van der Waals surface area contributed by atoms with E-state index in [1.165, 1.54) is 6.07 Å². The molecule has 0 amide bonds. The molecule has 0 spiro atoms. The fourth-order valence-corrected chi connectivity index (χ4v) is 3.12. The lowest BCUT2D eigenvalue weighted by Crippen LogP contribution is -2.29. The highest BCUT2D eigenvalue weighted by Gasteiger charge is 2.41. The van der Waals surface area contributed by atoms with Crippen LogP contribution in [-0.4, -0.2) is 17.1 Å². The predicted octanol–water partition coefficient (Wildman–Crippen LogP) is 2.81. The van der Waals surface area contributed by atoms with E-state index in [0.717, 1.165) is 25.7 Å². The van der Waals surface area contributed by atoms with E-state index >= 15 is 0 Å². The van der Waals surface area contributed by atoms with Crippen LogP contribution < -0.4 is 10.6 Å². The zero-order valence-corrected chi connectivity index (χ0v) is 9.74.